The summed E-state index contributed by atoms with van der Waals surface area (Å²) in [7, 11) is -3.62. The van der Waals surface area contributed by atoms with Crippen LogP contribution in [-0.2, 0) is 16.4 Å². The van der Waals surface area contributed by atoms with E-state index in [9.17, 15) is 13.7 Å². The van der Waals surface area contributed by atoms with Crippen molar-refractivity contribution in [3.8, 4) is 17.3 Å². The molecule has 2 heterocycles. The van der Waals surface area contributed by atoms with E-state index < -0.39 is 15.6 Å². The van der Waals surface area contributed by atoms with Crippen LogP contribution in [0.4, 0.5) is 0 Å². The molecular weight excluding hydrogens is 408 g/mol. The van der Waals surface area contributed by atoms with Crippen molar-refractivity contribution in [3.63, 3.8) is 0 Å². The Morgan fingerprint density at radius 1 is 1.23 bits per heavy atom. The number of nitrogens with one attached hydrogen (secondary N) is 1. The van der Waals surface area contributed by atoms with Crippen molar-refractivity contribution in [2.24, 2.45) is 0 Å². The van der Waals surface area contributed by atoms with Crippen molar-refractivity contribution in [2.45, 2.75) is 69.9 Å². The summed E-state index contributed by atoms with van der Waals surface area (Å²) >= 11 is 0. The molecule has 1 aromatic carbocycles. The molecule has 1 aliphatic rings. The van der Waals surface area contributed by atoms with Gasteiger partial charge in [-0.3, -0.25) is 0 Å². The molecule has 1 N–H and O–H groups in total. The number of fused-ring (bicyclic) bond motifs is 1. The third-order valence-corrected chi connectivity index (χ3v) is 7.51. The molecule has 6 nitrogen and oxygen atoms in total. The highest BCUT2D eigenvalue weighted by Crippen LogP contribution is 2.42. The molecule has 31 heavy (non-hydrogen) atoms. The Kier molecular flexibility index (Phi) is 5.40. The lowest BCUT2D eigenvalue weighted by Gasteiger charge is -2.29. The van der Waals surface area contributed by atoms with Gasteiger partial charge >= 0.3 is 0 Å². The third-order valence-electron chi connectivity index (χ3n) is 5.74. The average molecular weight is 437 g/mol. The normalized spacial score (nSPS) is 15.1. The number of hydrogen-bond acceptors (Lipinski definition) is 4. The third kappa shape index (κ3) is 3.98. The Bertz CT molecular complexity index is 1270. The van der Waals surface area contributed by atoms with E-state index in [0.717, 1.165) is 53.5 Å². The zero-order valence-electron chi connectivity index (χ0n) is 18.4. The Morgan fingerprint density at radius 2 is 1.90 bits per heavy atom. The van der Waals surface area contributed by atoms with Gasteiger partial charge in [-0.2, -0.15) is 5.26 Å². The van der Waals surface area contributed by atoms with Gasteiger partial charge in [-0.05, 0) is 75.8 Å². The zero-order chi connectivity index (χ0) is 22.4. The van der Waals surface area contributed by atoms with Crippen LogP contribution in [0.15, 0.2) is 41.4 Å². The summed E-state index contributed by atoms with van der Waals surface area (Å²) in [6.07, 6.45) is 6.01. The minimum absolute atomic E-state index is 0.211. The monoisotopic (exact) mass is 436 g/mol. The van der Waals surface area contributed by atoms with Gasteiger partial charge in [-0.1, -0.05) is 19.1 Å². The summed E-state index contributed by atoms with van der Waals surface area (Å²) in [5.74, 6) is 0. The van der Waals surface area contributed by atoms with Crippen molar-refractivity contribution in [2.75, 3.05) is 0 Å². The van der Waals surface area contributed by atoms with Crippen LogP contribution >= 0.6 is 0 Å². The van der Waals surface area contributed by atoms with Gasteiger partial charge in [0.25, 0.3) is 0 Å². The van der Waals surface area contributed by atoms with Crippen molar-refractivity contribution < 1.29 is 8.42 Å². The molecule has 0 saturated heterocycles. The fourth-order valence-corrected chi connectivity index (χ4v) is 5.49. The molecule has 7 heteroatoms. The smallest absolute Gasteiger partial charge is 0.241 e. The second-order valence-electron chi connectivity index (χ2n) is 9.24. The Labute approximate surface area is 184 Å². The number of aromatic nitrogens is 2. The van der Waals surface area contributed by atoms with Crippen LogP contribution in [0.3, 0.4) is 0 Å². The Balaban J connectivity index is 1.87. The molecular formula is C24H28N4O2S. The van der Waals surface area contributed by atoms with E-state index in [2.05, 4.69) is 28.3 Å². The fourth-order valence-electron chi connectivity index (χ4n) is 4.07. The minimum atomic E-state index is -3.62. The quantitative estimate of drug-likeness (QED) is 0.614. The first-order chi connectivity index (χ1) is 14.6. The topological polar surface area (TPSA) is 87.8 Å². The lowest BCUT2D eigenvalue weighted by Crippen LogP contribution is -2.40. The van der Waals surface area contributed by atoms with E-state index in [1.165, 1.54) is 0 Å². The van der Waals surface area contributed by atoms with Crippen molar-refractivity contribution in [1.29, 1.82) is 5.26 Å². The van der Waals surface area contributed by atoms with E-state index in [1.54, 1.807) is 24.3 Å². The van der Waals surface area contributed by atoms with Crippen LogP contribution in [-0.4, -0.2) is 23.5 Å². The van der Waals surface area contributed by atoms with E-state index in [1.807, 2.05) is 27.0 Å². The standard InChI is InChI=1S/C24H28N4O2S/c1-5-16-13-20-21(14-25)22(28(18-7-6-8-18)23(20)26-15-16)17-9-11-19(12-10-17)31(29,30)27-24(2,3)4/h9-13,15,18,27H,5-8H2,1-4H3. The molecule has 0 atom stereocenters. The number of pyridine rings is 1. The summed E-state index contributed by atoms with van der Waals surface area (Å²) in [6, 6.07) is 11.6. The molecule has 0 spiro atoms. The summed E-state index contributed by atoms with van der Waals surface area (Å²) in [5, 5.41) is 10.9. The maximum absolute atomic E-state index is 12.7. The summed E-state index contributed by atoms with van der Waals surface area (Å²) < 4.78 is 30.2. The van der Waals surface area contributed by atoms with Gasteiger partial charge in [0.1, 0.15) is 11.7 Å². The molecule has 0 bridgehead atoms. The second kappa shape index (κ2) is 7.77. The van der Waals surface area contributed by atoms with Crippen LogP contribution in [0.25, 0.3) is 22.3 Å². The van der Waals surface area contributed by atoms with Crippen molar-refractivity contribution in [3.05, 3.63) is 47.7 Å². The molecule has 0 radical (unpaired) electrons. The number of nitrogens with zero attached hydrogens (tertiary/aromatic N) is 3. The summed E-state index contributed by atoms with van der Waals surface area (Å²) in [5.41, 5.74) is 3.62. The van der Waals surface area contributed by atoms with Gasteiger partial charge in [0.05, 0.1) is 16.2 Å². The Hall–Kier alpha value is -2.69. The van der Waals surface area contributed by atoms with Gasteiger partial charge in [0.2, 0.25) is 10.0 Å². The van der Waals surface area contributed by atoms with Gasteiger partial charge in [0, 0.05) is 23.2 Å². The first kappa shape index (κ1) is 21.5. The van der Waals surface area contributed by atoms with Gasteiger partial charge in [-0.25, -0.2) is 18.1 Å². The first-order valence-corrected chi connectivity index (χ1v) is 12.2. The van der Waals surface area contributed by atoms with Crippen LogP contribution in [0.1, 0.15) is 64.1 Å². The highest BCUT2D eigenvalue weighted by atomic mass is 32.2. The lowest BCUT2D eigenvalue weighted by molar-refractivity contribution is 0.323. The SMILES string of the molecule is CCc1cnc2c(c1)c(C#N)c(-c1ccc(S(=O)(=O)NC(C)(C)C)cc1)n2C1CCC1. The predicted molar refractivity (Wildman–Crippen MR) is 122 cm³/mol. The van der Waals surface area contributed by atoms with Gasteiger partial charge in [0.15, 0.2) is 0 Å². The highest BCUT2D eigenvalue weighted by Gasteiger charge is 2.29. The van der Waals surface area contributed by atoms with E-state index in [0.29, 0.717) is 11.6 Å². The number of benzene rings is 1. The van der Waals surface area contributed by atoms with Gasteiger partial charge in [-0.15, -0.1) is 0 Å². The van der Waals surface area contributed by atoms with Crippen LogP contribution in [0.2, 0.25) is 0 Å². The minimum Gasteiger partial charge on any atom is -0.321 e. The lowest BCUT2D eigenvalue weighted by atomic mass is 9.92. The van der Waals surface area contributed by atoms with Crippen molar-refractivity contribution >= 4 is 21.1 Å². The highest BCUT2D eigenvalue weighted by molar-refractivity contribution is 7.89. The molecule has 3 aromatic rings. The molecule has 162 valence electrons. The molecule has 1 saturated carbocycles. The molecule has 0 amide bonds. The predicted octanol–water partition coefficient (Wildman–Crippen LogP) is 4.94. The maximum atomic E-state index is 12.7. The summed E-state index contributed by atoms with van der Waals surface area (Å²) in [4.78, 5) is 4.92. The Morgan fingerprint density at radius 3 is 2.42 bits per heavy atom. The van der Waals surface area contributed by atoms with E-state index >= 15 is 0 Å². The number of hydrogen-bond donors (Lipinski definition) is 1. The molecule has 1 fully saturated rings. The van der Waals surface area contributed by atoms with E-state index in [-0.39, 0.29) is 4.90 Å². The van der Waals surface area contributed by atoms with Crippen LogP contribution < -0.4 is 4.72 Å². The van der Waals surface area contributed by atoms with Crippen LogP contribution in [0.5, 0.6) is 0 Å². The number of rotatable bonds is 5. The molecule has 1 aliphatic carbocycles. The number of nitriles is 1. The average Bonchev–Trinajstić information content (AvgIpc) is 2.98. The second-order valence-corrected chi connectivity index (χ2v) is 10.9. The number of aryl methyl sites for hydroxylation is 1. The van der Waals surface area contributed by atoms with Crippen molar-refractivity contribution in [1.82, 2.24) is 14.3 Å². The number of sulfonamides is 1. The van der Waals surface area contributed by atoms with Crippen LogP contribution in [0, 0.1) is 11.3 Å². The maximum Gasteiger partial charge on any atom is 0.241 e. The summed E-state index contributed by atoms with van der Waals surface area (Å²) in [6.45, 7) is 7.51. The largest absolute Gasteiger partial charge is 0.321 e. The molecule has 0 aliphatic heterocycles. The molecule has 0 unspecified atom stereocenters. The molecule has 2 aromatic heterocycles. The molecule has 4 rings (SSSR count). The van der Waals surface area contributed by atoms with E-state index in [4.69, 9.17) is 4.98 Å². The first-order valence-electron chi connectivity index (χ1n) is 10.7. The van der Waals surface area contributed by atoms with Gasteiger partial charge < -0.3 is 4.57 Å². The zero-order valence-corrected chi connectivity index (χ0v) is 19.3. The fraction of sp³-hybridized carbons (Fsp3) is 0.417.